The van der Waals surface area contributed by atoms with E-state index in [0.29, 0.717) is 29.1 Å². The minimum absolute atomic E-state index is 0.00153. The van der Waals surface area contributed by atoms with Crippen LogP contribution in [0.25, 0.3) is 0 Å². The smallest absolute Gasteiger partial charge is 0.267 e. The van der Waals surface area contributed by atoms with Crippen LogP contribution in [0, 0.1) is 10.8 Å². The number of aromatic nitrogens is 3. The van der Waals surface area contributed by atoms with Crippen LogP contribution in [-0.4, -0.2) is 44.3 Å². The number of pyridine rings is 3. The number of nitrogens with zero attached hydrogens (tertiary/aromatic N) is 3. The van der Waals surface area contributed by atoms with Gasteiger partial charge in [-0.3, -0.25) is 40.2 Å². The average Bonchev–Trinajstić information content (AvgIpc) is 3.33. The number of benzene rings is 3. The molecule has 0 aliphatic rings. The third-order valence-electron chi connectivity index (χ3n) is 11.8. The number of primary amides is 3. The maximum absolute atomic E-state index is 10.9. The molecular weight excluding hydrogens is 959 g/mol. The molecule has 14 heteroatoms. The largest absolute Gasteiger partial charge is 0.384 e. The molecule has 0 spiro atoms. The lowest BCUT2D eigenvalue weighted by atomic mass is 9.86. The Hall–Kier alpha value is -7.58. The number of rotatable bonds is 6. The van der Waals surface area contributed by atoms with Crippen LogP contribution < -0.4 is 34.4 Å². The van der Waals surface area contributed by atoms with Crippen molar-refractivity contribution in [2.75, 3.05) is 0 Å². The minimum Gasteiger partial charge on any atom is -0.384 e. The van der Waals surface area contributed by atoms with Crippen molar-refractivity contribution in [3.63, 3.8) is 0 Å². The number of nitrogen functional groups attached to an aromatic ring is 2. The van der Waals surface area contributed by atoms with Gasteiger partial charge in [0.05, 0.1) is 5.56 Å². The summed E-state index contributed by atoms with van der Waals surface area (Å²) < 4.78 is 0. The molecule has 0 unspecified atom stereocenters. The van der Waals surface area contributed by atoms with E-state index in [1.165, 1.54) is 22.9 Å². The molecule has 0 fully saturated rings. The second kappa shape index (κ2) is 28.5. The fraction of sp³-hybridized carbons (Fsp3) is 0.397. The Kier molecular flexibility index (Phi) is 25.0. The predicted octanol–water partition coefficient (Wildman–Crippen LogP) is 11.4. The first kappa shape index (κ1) is 67.4. The first-order valence-electron chi connectivity index (χ1n) is 25.6. The molecule has 416 valence electrons. The molecule has 3 amide bonds. The van der Waals surface area contributed by atoms with E-state index in [1.807, 2.05) is 54.6 Å². The van der Waals surface area contributed by atoms with Crippen LogP contribution in [-0.2, 0) is 39.0 Å². The Labute approximate surface area is 460 Å². The summed E-state index contributed by atoms with van der Waals surface area (Å²) in [5, 5.41) is 14.4. The summed E-state index contributed by atoms with van der Waals surface area (Å²) in [6, 6.07) is 33.0. The molecular formula is C63H91N11O3. The molecule has 0 saturated heterocycles. The van der Waals surface area contributed by atoms with Gasteiger partial charge in [-0.05, 0) is 108 Å². The number of nitrogens with two attached hydrogens (primary N) is 6. The second-order valence-corrected chi connectivity index (χ2v) is 24.8. The molecule has 14 N–H and O–H groups in total. The molecule has 0 bridgehead atoms. The number of amides is 3. The van der Waals surface area contributed by atoms with Gasteiger partial charge in [0.1, 0.15) is 23.1 Å². The molecule has 14 nitrogen and oxygen atoms in total. The summed E-state index contributed by atoms with van der Waals surface area (Å²) in [4.78, 5) is 44.5. The van der Waals surface area contributed by atoms with E-state index >= 15 is 0 Å². The summed E-state index contributed by atoms with van der Waals surface area (Å²) in [7, 11) is 0. The Morgan fingerprint density at radius 3 is 1.19 bits per heavy atom. The Balaban J connectivity index is 0.000000462. The van der Waals surface area contributed by atoms with Crippen molar-refractivity contribution in [3.8, 4) is 0 Å². The van der Waals surface area contributed by atoms with Gasteiger partial charge in [0.25, 0.3) is 5.91 Å². The molecule has 3 aromatic heterocycles. The van der Waals surface area contributed by atoms with E-state index in [1.54, 1.807) is 42.9 Å². The monoisotopic (exact) mass is 1050 g/mol. The maximum Gasteiger partial charge on any atom is 0.267 e. The van der Waals surface area contributed by atoms with Gasteiger partial charge in [-0.25, -0.2) is 0 Å². The SMILES string of the molecule is CC(C)(C)c1ccc(C(=N)N)cc1.CC(C)(C)c1ccc(C(=N)N)nc1.CC(C)(C)c1ccc(CN)cc1.CC(C)(C)c1cccc(C(N)=O)c1.CC(C)(C)c1ccnc(C(N)=O)c1.CC(C)(C)c1cncc(C(N)=O)c1. The first-order chi connectivity index (χ1) is 35.1. The molecule has 6 rings (SSSR count). The summed E-state index contributed by atoms with van der Waals surface area (Å²) in [5.41, 5.74) is 43.1. The van der Waals surface area contributed by atoms with Crippen molar-refractivity contribution in [1.29, 1.82) is 10.8 Å². The van der Waals surface area contributed by atoms with Gasteiger partial charge in [0, 0.05) is 42.5 Å². The number of carbonyl (C=O) groups excluding carboxylic acids is 3. The average molecular weight is 1050 g/mol. The van der Waals surface area contributed by atoms with Crippen molar-refractivity contribution in [1.82, 2.24) is 15.0 Å². The standard InChI is InChI=1S/C11H16N2.C11H15NO.C11H17N.C10H15N3.2C10H14N2O/c1-11(2,3)9-6-4-8(5-7-9)10(12)13;1-11(2,3)9-6-4-5-8(7-9)10(12)13;1-11(2,3)10-6-4-9(8-12)5-7-10;1-10(2,3)7-4-5-8(9(11)12)13-6-7;1-10(2,3)8-4-7(9(11)13)5-12-6-8;1-10(2,3)7-4-5-12-8(6-7)9(11)13/h4-7H,1-3H3,(H3,12,13);4-7H,1-3H3,(H2,12,13);4-7H,8,12H2,1-3H3;4-6H,1-3H3,(H3,11,12);2*4-6H,1-3H3,(H2,11,13). The summed E-state index contributed by atoms with van der Waals surface area (Å²) in [6.07, 6.45) is 6.63. The van der Waals surface area contributed by atoms with Crippen LogP contribution in [0.4, 0.5) is 0 Å². The minimum atomic E-state index is -0.480. The zero-order valence-corrected chi connectivity index (χ0v) is 49.4. The first-order valence-corrected chi connectivity index (χ1v) is 25.6. The van der Waals surface area contributed by atoms with Gasteiger partial charge in [0.15, 0.2) is 0 Å². The van der Waals surface area contributed by atoms with Crippen LogP contribution in [0.2, 0.25) is 0 Å². The van der Waals surface area contributed by atoms with Crippen molar-refractivity contribution in [3.05, 3.63) is 195 Å². The van der Waals surface area contributed by atoms with Crippen molar-refractivity contribution < 1.29 is 14.4 Å². The number of hydrogen-bond acceptors (Lipinski definition) is 9. The summed E-state index contributed by atoms with van der Waals surface area (Å²) >= 11 is 0. The van der Waals surface area contributed by atoms with E-state index in [4.69, 9.17) is 45.2 Å². The summed E-state index contributed by atoms with van der Waals surface area (Å²) in [6.45, 7) is 38.9. The van der Waals surface area contributed by atoms with E-state index < -0.39 is 11.8 Å². The lowest BCUT2D eigenvalue weighted by molar-refractivity contribution is 0.0988. The zero-order chi connectivity index (χ0) is 59.5. The molecule has 0 radical (unpaired) electrons. The normalized spacial score (nSPS) is 11.4. The van der Waals surface area contributed by atoms with Gasteiger partial charge in [-0.1, -0.05) is 191 Å². The quantitative estimate of drug-likeness (QED) is 0.0580. The van der Waals surface area contributed by atoms with Gasteiger partial charge >= 0.3 is 0 Å². The third-order valence-corrected chi connectivity index (χ3v) is 11.8. The highest BCUT2D eigenvalue weighted by Gasteiger charge is 2.19. The maximum atomic E-state index is 10.9. The molecule has 0 aliphatic heterocycles. The molecule has 0 atom stereocenters. The zero-order valence-electron chi connectivity index (χ0n) is 49.4. The molecule has 6 aromatic rings. The van der Waals surface area contributed by atoms with E-state index in [2.05, 4.69) is 164 Å². The van der Waals surface area contributed by atoms with Gasteiger partial charge in [-0.2, -0.15) is 0 Å². The van der Waals surface area contributed by atoms with Crippen LogP contribution in [0.5, 0.6) is 0 Å². The highest BCUT2D eigenvalue weighted by Crippen LogP contribution is 2.26. The lowest BCUT2D eigenvalue weighted by Crippen LogP contribution is -2.16. The van der Waals surface area contributed by atoms with Crippen LogP contribution in [0.1, 0.15) is 206 Å². The highest BCUT2D eigenvalue weighted by molar-refractivity contribution is 5.95. The van der Waals surface area contributed by atoms with Gasteiger partial charge in [0.2, 0.25) is 11.8 Å². The Morgan fingerprint density at radius 1 is 0.390 bits per heavy atom. The molecule has 3 heterocycles. The molecule has 0 aliphatic carbocycles. The van der Waals surface area contributed by atoms with Crippen LogP contribution >= 0.6 is 0 Å². The summed E-state index contributed by atoms with van der Waals surface area (Å²) in [5.74, 6) is -1.14. The third kappa shape index (κ3) is 24.8. The molecule has 0 saturated carbocycles. The van der Waals surface area contributed by atoms with Crippen LogP contribution in [0.3, 0.4) is 0 Å². The Morgan fingerprint density at radius 2 is 0.818 bits per heavy atom. The number of carbonyl (C=O) groups is 3. The fourth-order valence-electron chi connectivity index (χ4n) is 6.44. The predicted molar refractivity (Wildman–Crippen MR) is 320 cm³/mol. The number of hydrogen-bond donors (Lipinski definition) is 8. The van der Waals surface area contributed by atoms with Crippen molar-refractivity contribution >= 4 is 29.4 Å². The highest BCUT2D eigenvalue weighted by atomic mass is 16.2. The lowest BCUT2D eigenvalue weighted by Gasteiger charge is -2.19. The van der Waals surface area contributed by atoms with E-state index in [-0.39, 0.29) is 50.1 Å². The van der Waals surface area contributed by atoms with E-state index in [9.17, 15) is 14.4 Å². The fourth-order valence-corrected chi connectivity index (χ4v) is 6.44. The van der Waals surface area contributed by atoms with Gasteiger partial charge < -0.3 is 34.4 Å². The van der Waals surface area contributed by atoms with E-state index in [0.717, 1.165) is 27.8 Å². The number of nitrogens with one attached hydrogen (secondary N) is 2. The topological polar surface area (TPSA) is 294 Å². The molecule has 3 aromatic carbocycles. The van der Waals surface area contributed by atoms with Crippen LogP contribution in [0.15, 0.2) is 128 Å². The second-order valence-electron chi connectivity index (χ2n) is 24.8. The Bertz CT molecular complexity index is 2620. The van der Waals surface area contributed by atoms with Crippen molar-refractivity contribution in [2.45, 2.75) is 164 Å². The number of amidine groups is 2. The molecule has 77 heavy (non-hydrogen) atoms. The van der Waals surface area contributed by atoms with Crippen molar-refractivity contribution in [2.24, 2.45) is 34.4 Å². The van der Waals surface area contributed by atoms with Gasteiger partial charge in [-0.15, -0.1) is 0 Å².